The Morgan fingerprint density at radius 1 is 1.17 bits per heavy atom. The van der Waals surface area contributed by atoms with Crippen LogP contribution in [-0.2, 0) is 11.3 Å². The molecule has 124 valence electrons. The third kappa shape index (κ3) is 3.32. The van der Waals surface area contributed by atoms with Crippen LogP contribution in [0.15, 0.2) is 48.8 Å². The van der Waals surface area contributed by atoms with Crippen LogP contribution in [0.1, 0.15) is 24.8 Å². The van der Waals surface area contributed by atoms with Gasteiger partial charge in [-0.1, -0.05) is 24.3 Å². The van der Waals surface area contributed by atoms with Crippen LogP contribution in [0.3, 0.4) is 0 Å². The summed E-state index contributed by atoms with van der Waals surface area (Å²) in [5, 5.41) is 0. The van der Waals surface area contributed by atoms with Crippen molar-refractivity contribution in [2.24, 2.45) is 0 Å². The first-order chi connectivity index (χ1) is 11.8. The minimum atomic E-state index is -0.0906. The maximum absolute atomic E-state index is 12.8. The summed E-state index contributed by atoms with van der Waals surface area (Å²) in [5.41, 5.74) is 9.56. The van der Waals surface area contributed by atoms with Gasteiger partial charge in [-0.2, -0.15) is 0 Å². The van der Waals surface area contributed by atoms with E-state index in [1.807, 2.05) is 17.2 Å². The molecule has 5 heteroatoms. The molecule has 0 bridgehead atoms. The molecule has 2 aliphatic rings. The van der Waals surface area contributed by atoms with E-state index < -0.39 is 0 Å². The molecular formula is C19H22N4O. The summed E-state index contributed by atoms with van der Waals surface area (Å²) < 4.78 is 0. The number of carbonyl (C=O) groups excluding carboxylic acids is 1. The molecule has 1 aromatic heterocycles. The fraction of sp³-hybridized carbons (Fsp3) is 0.368. The van der Waals surface area contributed by atoms with Crippen LogP contribution in [0.2, 0.25) is 0 Å². The van der Waals surface area contributed by atoms with Gasteiger partial charge >= 0.3 is 0 Å². The van der Waals surface area contributed by atoms with Gasteiger partial charge in [-0.05, 0) is 48.1 Å². The number of pyridine rings is 1. The van der Waals surface area contributed by atoms with Crippen molar-refractivity contribution in [3.63, 3.8) is 0 Å². The first-order valence-corrected chi connectivity index (χ1v) is 8.59. The maximum Gasteiger partial charge on any atom is 0.241 e. The van der Waals surface area contributed by atoms with E-state index in [0.29, 0.717) is 12.6 Å². The van der Waals surface area contributed by atoms with Crippen LogP contribution in [-0.4, -0.2) is 34.4 Å². The maximum atomic E-state index is 12.8. The molecule has 1 aliphatic heterocycles. The van der Waals surface area contributed by atoms with E-state index in [1.54, 1.807) is 6.20 Å². The molecule has 5 nitrogen and oxygen atoms in total. The number of nitrogens with one attached hydrogen (secondary N) is 2. The third-order valence-corrected chi connectivity index (χ3v) is 4.68. The van der Waals surface area contributed by atoms with Crippen molar-refractivity contribution in [3.8, 4) is 11.1 Å². The number of rotatable bonds is 5. The zero-order valence-corrected chi connectivity index (χ0v) is 13.6. The lowest BCUT2D eigenvalue weighted by Crippen LogP contribution is -2.46. The quantitative estimate of drug-likeness (QED) is 0.885. The lowest BCUT2D eigenvalue weighted by molar-refractivity contribution is -0.134. The second-order valence-corrected chi connectivity index (χ2v) is 6.55. The van der Waals surface area contributed by atoms with Crippen LogP contribution in [0.4, 0.5) is 0 Å². The highest BCUT2D eigenvalue weighted by Crippen LogP contribution is 2.30. The molecule has 24 heavy (non-hydrogen) atoms. The van der Waals surface area contributed by atoms with Gasteiger partial charge in [0.2, 0.25) is 5.91 Å². The predicted octanol–water partition coefficient (Wildman–Crippen LogP) is 2.11. The fourth-order valence-corrected chi connectivity index (χ4v) is 3.22. The van der Waals surface area contributed by atoms with Crippen LogP contribution in [0, 0.1) is 0 Å². The molecule has 1 aliphatic carbocycles. The molecule has 1 unspecified atom stereocenters. The van der Waals surface area contributed by atoms with Crippen molar-refractivity contribution in [3.05, 3.63) is 54.4 Å². The predicted molar refractivity (Wildman–Crippen MR) is 92.8 cm³/mol. The summed E-state index contributed by atoms with van der Waals surface area (Å²) in [6.07, 6.45) is 6.75. The van der Waals surface area contributed by atoms with Crippen molar-refractivity contribution in [2.45, 2.75) is 37.9 Å². The Morgan fingerprint density at radius 2 is 2.04 bits per heavy atom. The Bertz CT molecular complexity index is 708. The molecule has 4 rings (SSSR count). The molecule has 2 aromatic rings. The SMILES string of the molecule is O=C(C1CCNN1)N(Cc1cccc(-c2cccnc2)c1)C1CC1. The average molecular weight is 322 g/mol. The standard InChI is InChI=1S/C19H22N4O/c24-19(18-8-10-21-22-18)23(17-6-7-17)13-14-3-1-4-15(11-14)16-5-2-9-20-12-16/h1-5,9,11-12,17-18,21-22H,6-8,10,13H2. The number of hydrogen-bond donors (Lipinski definition) is 2. The largest absolute Gasteiger partial charge is 0.334 e. The Hall–Kier alpha value is -2.24. The summed E-state index contributed by atoms with van der Waals surface area (Å²) >= 11 is 0. The van der Waals surface area contributed by atoms with Gasteiger partial charge in [0.05, 0.1) is 0 Å². The second kappa shape index (κ2) is 6.71. The van der Waals surface area contributed by atoms with Crippen molar-refractivity contribution in [1.29, 1.82) is 0 Å². The number of aromatic nitrogens is 1. The summed E-state index contributed by atoms with van der Waals surface area (Å²) in [6.45, 7) is 1.53. The Morgan fingerprint density at radius 3 is 2.75 bits per heavy atom. The van der Waals surface area contributed by atoms with Gasteiger partial charge in [0.15, 0.2) is 0 Å². The van der Waals surface area contributed by atoms with Crippen LogP contribution >= 0.6 is 0 Å². The van der Waals surface area contributed by atoms with E-state index in [2.05, 4.69) is 46.2 Å². The molecule has 2 fully saturated rings. The molecule has 0 spiro atoms. The van der Waals surface area contributed by atoms with E-state index in [9.17, 15) is 4.79 Å². The van der Waals surface area contributed by atoms with Crippen molar-refractivity contribution in [1.82, 2.24) is 20.7 Å². The van der Waals surface area contributed by atoms with Crippen LogP contribution in [0.25, 0.3) is 11.1 Å². The first kappa shape index (κ1) is 15.3. The summed E-state index contributed by atoms with van der Waals surface area (Å²) in [7, 11) is 0. The Labute approximate surface area is 142 Å². The number of carbonyl (C=O) groups is 1. The van der Waals surface area contributed by atoms with Crippen LogP contribution < -0.4 is 10.9 Å². The zero-order valence-electron chi connectivity index (χ0n) is 13.6. The monoisotopic (exact) mass is 322 g/mol. The summed E-state index contributed by atoms with van der Waals surface area (Å²) in [5.74, 6) is 0.217. The molecule has 2 heterocycles. The third-order valence-electron chi connectivity index (χ3n) is 4.68. The van der Waals surface area contributed by atoms with Crippen LogP contribution in [0.5, 0.6) is 0 Å². The minimum absolute atomic E-state index is 0.0906. The molecule has 2 N–H and O–H groups in total. The molecule has 1 aromatic carbocycles. The number of benzene rings is 1. The Balaban J connectivity index is 1.53. The molecule has 1 saturated heterocycles. The molecule has 1 atom stereocenters. The molecule has 0 radical (unpaired) electrons. The van der Waals surface area contributed by atoms with E-state index in [1.165, 1.54) is 5.56 Å². The van der Waals surface area contributed by atoms with Crippen molar-refractivity contribution < 1.29 is 4.79 Å². The molecule has 1 saturated carbocycles. The van der Waals surface area contributed by atoms with E-state index >= 15 is 0 Å². The lowest BCUT2D eigenvalue weighted by atomic mass is 10.0. The smallest absolute Gasteiger partial charge is 0.241 e. The highest BCUT2D eigenvalue weighted by atomic mass is 16.2. The highest BCUT2D eigenvalue weighted by Gasteiger charge is 2.36. The number of hydrazine groups is 1. The normalized spacial score (nSPS) is 20.1. The number of hydrogen-bond acceptors (Lipinski definition) is 4. The summed E-state index contributed by atoms with van der Waals surface area (Å²) in [4.78, 5) is 19.0. The van der Waals surface area contributed by atoms with Gasteiger partial charge in [0.1, 0.15) is 6.04 Å². The first-order valence-electron chi connectivity index (χ1n) is 8.59. The summed E-state index contributed by atoms with van der Waals surface area (Å²) in [6, 6.07) is 12.7. The highest BCUT2D eigenvalue weighted by molar-refractivity contribution is 5.82. The van der Waals surface area contributed by atoms with Gasteiger partial charge in [-0.25, -0.2) is 5.43 Å². The topological polar surface area (TPSA) is 57.3 Å². The lowest BCUT2D eigenvalue weighted by Gasteiger charge is -2.25. The number of nitrogens with zero attached hydrogens (tertiary/aromatic N) is 2. The molecular weight excluding hydrogens is 300 g/mol. The van der Waals surface area contributed by atoms with E-state index in [4.69, 9.17) is 0 Å². The van der Waals surface area contributed by atoms with E-state index in [-0.39, 0.29) is 11.9 Å². The number of amides is 1. The van der Waals surface area contributed by atoms with Gasteiger partial charge in [-0.15, -0.1) is 0 Å². The van der Waals surface area contributed by atoms with Crippen molar-refractivity contribution in [2.75, 3.05) is 6.54 Å². The van der Waals surface area contributed by atoms with Gasteiger partial charge in [-0.3, -0.25) is 15.2 Å². The fourth-order valence-electron chi connectivity index (χ4n) is 3.22. The second-order valence-electron chi connectivity index (χ2n) is 6.55. The minimum Gasteiger partial charge on any atom is -0.334 e. The van der Waals surface area contributed by atoms with E-state index in [0.717, 1.165) is 36.9 Å². The Kier molecular flexibility index (Phi) is 4.28. The molecule has 1 amide bonds. The zero-order chi connectivity index (χ0) is 16.4. The average Bonchev–Trinajstić information content (AvgIpc) is 3.33. The van der Waals surface area contributed by atoms with Gasteiger partial charge in [0, 0.05) is 31.5 Å². The van der Waals surface area contributed by atoms with Gasteiger partial charge < -0.3 is 4.90 Å². The van der Waals surface area contributed by atoms with Crippen molar-refractivity contribution >= 4 is 5.91 Å². The van der Waals surface area contributed by atoms with Gasteiger partial charge in [0.25, 0.3) is 0 Å².